The molecule has 1 aliphatic rings. The zero-order valence-corrected chi connectivity index (χ0v) is 23.9. The third-order valence-electron chi connectivity index (χ3n) is 7.42. The van der Waals surface area contributed by atoms with E-state index in [2.05, 4.69) is 17.0 Å². The van der Waals surface area contributed by atoms with Gasteiger partial charge in [0.1, 0.15) is 11.4 Å². The summed E-state index contributed by atoms with van der Waals surface area (Å²) < 4.78 is 8.46. The van der Waals surface area contributed by atoms with Gasteiger partial charge >= 0.3 is 5.97 Å². The fourth-order valence-electron chi connectivity index (χ4n) is 5.23. The number of carbonyl (C=O) groups is 2. The van der Waals surface area contributed by atoms with Gasteiger partial charge in [0, 0.05) is 36.0 Å². The lowest BCUT2D eigenvalue weighted by atomic mass is 9.82. The fraction of sp³-hybridized carbons (Fsp3) is 0.414. The molecule has 210 valence electrons. The van der Waals surface area contributed by atoms with Crippen LogP contribution in [0.1, 0.15) is 63.7 Å². The van der Waals surface area contributed by atoms with Gasteiger partial charge in [-0.05, 0) is 76.6 Å². The van der Waals surface area contributed by atoms with E-state index in [-0.39, 0.29) is 30.0 Å². The van der Waals surface area contributed by atoms with Gasteiger partial charge in [0.15, 0.2) is 11.5 Å². The first-order valence-corrected chi connectivity index (χ1v) is 14.1. The van der Waals surface area contributed by atoms with E-state index < -0.39 is 5.97 Å². The second-order valence-electron chi connectivity index (χ2n) is 10.6. The number of hydrogen-bond donors (Lipinski definition) is 1. The summed E-state index contributed by atoms with van der Waals surface area (Å²) in [5.41, 5.74) is 8.79. The van der Waals surface area contributed by atoms with Crippen LogP contribution in [0.25, 0.3) is 22.6 Å². The number of benzene rings is 1. The van der Waals surface area contributed by atoms with Crippen LogP contribution in [-0.2, 0) is 9.53 Å². The molecule has 0 radical (unpaired) electrons. The maximum absolute atomic E-state index is 13.8. The first-order valence-electron chi connectivity index (χ1n) is 13.7. The van der Waals surface area contributed by atoms with Crippen molar-refractivity contribution in [3.8, 4) is 16.9 Å². The molecule has 1 saturated carbocycles. The molecular formula is C29H34ClN7O3. The SMILES string of the molecule is CCOC(=O)c1cn(-c2ccc(-c3cc4nccc(N)n4n3)c(Cl)c2)nc1N(C(=O)[C@H]1CC[C@H](C)CC1)C(C)C. The minimum absolute atomic E-state index is 0.00851. The average Bonchev–Trinajstić information content (AvgIpc) is 3.55. The van der Waals surface area contributed by atoms with Gasteiger partial charge in [0.25, 0.3) is 0 Å². The molecular weight excluding hydrogens is 530 g/mol. The van der Waals surface area contributed by atoms with Crippen LogP contribution in [0.15, 0.2) is 42.7 Å². The minimum Gasteiger partial charge on any atom is -0.462 e. The summed E-state index contributed by atoms with van der Waals surface area (Å²) in [7, 11) is 0. The molecule has 11 heteroatoms. The van der Waals surface area contributed by atoms with E-state index in [1.54, 1.807) is 51.6 Å². The van der Waals surface area contributed by atoms with Crippen LogP contribution in [0.3, 0.4) is 0 Å². The monoisotopic (exact) mass is 563 g/mol. The van der Waals surface area contributed by atoms with Crippen molar-refractivity contribution < 1.29 is 14.3 Å². The van der Waals surface area contributed by atoms with E-state index in [1.165, 1.54) is 0 Å². The van der Waals surface area contributed by atoms with Crippen molar-refractivity contribution in [3.63, 3.8) is 0 Å². The van der Waals surface area contributed by atoms with Crippen LogP contribution in [0, 0.1) is 11.8 Å². The number of anilines is 2. The van der Waals surface area contributed by atoms with E-state index in [0.717, 1.165) is 25.7 Å². The Morgan fingerprint density at radius 3 is 2.55 bits per heavy atom. The van der Waals surface area contributed by atoms with Crippen molar-refractivity contribution in [1.29, 1.82) is 0 Å². The second-order valence-corrected chi connectivity index (χ2v) is 11.0. The van der Waals surface area contributed by atoms with Crippen molar-refractivity contribution in [2.24, 2.45) is 11.8 Å². The molecule has 0 aliphatic heterocycles. The predicted molar refractivity (Wildman–Crippen MR) is 155 cm³/mol. The molecule has 1 amide bonds. The van der Waals surface area contributed by atoms with Gasteiger partial charge in [-0.25, -0.2) is 14.5 Å². The van der Waals surface area contributed by atoms with Crippen molar-refractivity contribution in [3.05, 3.63) is 53.3 Å². The average molecular weight is 564 g/mol. The Kier molecular flexibility index (Phi) is 7.80. The minimum atomic E-state index is -0.531. The number of rotatable bonds is 7. The third-order valence-corrected chi connectivity index (χ3v) is 7.73. The number of fused-ring (bicyclic) bond motifs is 1. The Morgan fingerprint density at radius 2 is 1.90 bits per heavy atom. The Morgan fingerprint density at radius 1 is 1.15 bits per heavy atom. The van der Waals surface area contributed by atoms with Crippen molar-refractivity contribution in [2.75, 3.05) is 17.2 Å². The summed E-state index contributed by atoms with van der Waals surface area (Å²) in [4.78, 5) is 32.7. The summed E-state index contributed by atoms with van der Waals surface area (Å²) in [6.07, 6.45) is 6.92. The number of halogens is 1. The normalized spacial score (nSPS) is 17.4. The van der Waals surface area contributed by atoms with E-state index >= 15 is 0 Å². The number of esters is 1. The number of nitrogens with two attached hydrogens (primary N) is 1. The Labute approximate surface area is 238 Å². The van der Waals surface area contributed by atoms with Crippen molar-refractivity contribution >= 4 is 40.8 Å². The predicted octanol–water partition coefficient (Wildman–Crippen LogP) is 5.56. The molecule has 3 heterocycles. The van der Waals surface area contributed by atoms with E-state index in [4.69, 9.17) is 27.2 Å². The number of carbonyl (C=O) groups excluding carboxylic acids is 2. The van der Waals surface area contributed by atoms with Gasteiger partial charge in [0.05, 0.1) is 23.0 Å². The molecule has 40 heavy (non-hydrogen) atoms. The highest BCUT2D eigenvalue weighted by atomic mass is 35.5. The quantitative estimate of drug-likeness (QED) is 0.292. The summed E-state index contributed by atoms with van der Waals surface area (Å²) in [6, 6.07) is 8.68. The largest absolute Gasteiger partial charge is 0.462 e. The van der Waals surface area contributed by atoms with E-state index in [9.17, 15) is 9.59 Å². The summed E-state index contributed by atoms with van der Waals surface area (Å²) >= 11 is 6.72. The highest BCUT2D eigenvalue weighted by Crippen LogP contribution is 2.34. The number of aromatic nitrogens is 5. The van der Waals surface area contributed by atoms with Gasteiger partial charge in [-0.2, -0.15) is 9.61 Å². The zero-order valence-electron chi connectivity index (χ0n) is 23.2. The molecule has 10 nitrogen and oxygen atoms in total. The first-order chi connectivity index (χ1) is 19.2. The second kappa shape index (κ2) is 11.3. The molecule has 1 aliphatic carbocycles. The molecule has 0 bridgehead atoms. The molecule has 2 N–H and O–H groups in total. The lowest BCUT2D eigenvalue weighted by molar-refractivity contribution is -0.124. The van der Waals surface area contributed by atoms with Crippen molar-refractivity contribution in [2.45, 2.75) is 59.4 Å². The molecule has 1 aromatic carbocycles. The van der Waals surface area contributed by atoms with Gasteiger partial charge in [0.2, 0.25) is 5.91 Å². The highest BCUT2D eigenvalue weighted by Gasteiger charge is 2.34. The molecule has 5 rings (SSSR count). The van der Waals surface area contributed by atoms with E-state index in [1.807, 2.05) is 26.0 Å². The molecule has 1 fully saturated rings. The first kappa shape index (κ1) is 27.6. The van der Waals surface area contributed by atoms with Gasteiger partial charge < -0.3 is 10.5 Å². The van der Waals surface area contributed by atoms with Crippen LogP contribution < -0.4 is 10.6 Å². The topological polar surface area (TPSA) is 121 Å². The van der Waals surface area contributed by atoms with Crippen molar-refractivity contribution in [1.82, 2.24) is 24.4 Å². The van der Waals surface area contributed by atoms with Crippen LogP contribution in [0.5, 0.6) is 0 Å². The molecule has 0 spiro atoms. The molecule has 0 unspecified atom stereocenters. The Balaban J connectivity index is 1.52. The van der Waals surface area contributed by atoms with Gasteiger partial charge in [-0.1, -0.05) is 18.5 Å². The number of hydrogen-bond acceptors (Lipinski definition) is 7. The standard InChI is InChI=1S/C29H34ClN7O3/c1-5-40-29(39)22-16-35(34-27(22)36(17(2)3)28(38)19-8-6-18(4)7-9-19)20-10-11-21(23(30)14-20)24-15-26-32-13-12-25(31)37(26)33-24/h10-19H,5-9,31H2,1-4H3/t18-,19-. The maximum atomic E-state index is 13.8. The van der Waals surface area contributed by atoms with Gasteiger partial charge in [-0.15, -0.1) is 5.10 Å². The lowest BCUT2D eigenvalue weighted by Crippen LogP contribution is -2.43. The molecule has 0 atom stereocenters. The van der Waals surface area contributed by atoms with Crippen LogP contribution in [-0.4, -0.2) is 48.9 Å². The van der Waals surface area contributed by atoms with Crippen LogP contribution >= 0.6 is 11.6 Å². The smallest absolute Gasteiger partial charge is 0.343 e. The maximum Gasteiger partial charge on any atom is 0.343 e. The summed E-state index contributed by atoms with van der Waals surface area (Å²) in [5, 5.41) is 9.71. The van der Waals surface area contributed by atoms with Crippen LogP contribution in [0.2, 0.25) is 5.02 Å². The third kappa shape index (κ3) is 5.28. The Bertz CT molecular complexity index is 1550. The van der Waals surface area contributed by atoms with Crippen LogP contribution in [0.4, 0.5) is 11.6 Å². The summed E-state index contributed by atoms with van der Waals surface area (Å²) in [5.74, 6) is 0.739. The molecule has 3 aromatic heterocycles. The number of nitrogens with zero attached hydrogens (tertiary/aromatic N) is 6. The number of nitrogen functional groups attached to an aromatic ring is 1. The van der Waals surface area contributed by atoms with Gasteiger partial charge in [-0.3, -0.25) is 9.69 Å². The Hall–Kier alpha value is -3.92. The summed E-state index contributed by atoms with van der Waals surface area (Å²) in [6.45, 7) is 8.04. The lowest BCUT2D eigenvalue weighted by Gasteiger charge is -2.32. The number of ether oxygens (including phenoxy) is 1. The zero-order chi connectivity index (χ0) is 28.6. The molecule has 4 aromatic rings. The van der Waals surface area contributed by atoms with E-state index in [0.29, 0.717) is 45.2 Å². The fourth-order valence-corrected chi connectivity index (χ4v) is 5.51. The number of amides is 1. The molecule has 0 saturated heterocycles. The highest BCUT2D eigenvalue weighted by molar-refractivity contribution is 6.33.